The van der Waals surface area contributed by atoms with Crippen LogP contribution in [-0.4, -0.2) is 22.3 Å². The maximum atomic E-state index is 11.5. The first-order chi connectivity index (χ1) is 6.61. The van der Waals surface area contributed by atoms with Gasteiger partial charge in [-0.3, -0.25) is 4.79 Å². The lowest BCUT2D eigenvalue weighted by molar-refractivity contribution is 0.0954. The third-order valence-corrected chi connectivity index (χ3v) is 2.36. The van der Waals surface area contributed by atoms with Gasteiger partial charge in [-0.2, -0.15) is 0 Å². The SMILES string of the molecule is O=C(NCC(Cl)Cl)c1cccnc1Br. The van der Waals surface area contributed by atoms with E-state index in [0.717, 1.165) is 0 Å². The zero-order valence-electron chi connectivity index (χ0n) is 7.01. The minimum atomic E-state index is -0.602. The van der Waals surface area contributed by atoms with E-state index in [-0.39, 0.29) is 12.5 Å². The van der Waals surface area contributed by atoms with E-state index in [1.54, 1.807) is 18.3 Å². The van der Waals surface area contributed by atoms with Crippen molar-refractivity contribution in [3.05, 3.63) is 28.5 Å². The van der Waals surface area contributed by atoms with Crippen LogP contribution < -0.4 is 5.32 Å². The highest BCUT2D eigenvalue weighted by Gasteiger charge is 2.10. The minimum Gasteiger partial charge on any atom is -0.349 e. The van der Waals surface area contributed by atoms with Crippen LogP contribution in [0.4, 0.5) is 0 Å². The van der Waals surface area contributed by atoms with Gasteiger partial charge in [0.1, 0.15) is 9.44 Å². The van der Waals surface area contributed by atoms with Crippen LogP contribution >= 0.6 is 39.1 Å². The topological polar surface area (TPSA) is 42.0 Å². The molecule has 0 bridgehead atoms. The number of hydrogen-bond donors (Lipinski definition) is 1. The Bertz CT molecular complexity index is 333. The Morgan fingerprint density at radius 3 is 2.93 bits per heavy atom. The highest BCUT2D eigenvalue weighted by Crippen LogP contribution is 2.12. The standard InChI is InChI=1S/C8H7BrCl2N2O/c9-7-5(2-1-3-12-7)8(14)13-4-6(10)11/h1-3,6H,4H2,(H,13,14). The fraction of sp³-hybridized carbons (Fsp3) is 0.250. The lowest BCUT2D eigenvalue weighted by Gasteiger charge is -2.05. The van der Waals surface area contributed by atoms with E-state index in [0.29, 0.717) is 10.2 Å². The predicted molar refractivity (Wildman–Crippen MR) is 59.8 cm³/mol. The largest absolute Gasteiger partial charge is 0.349 e. The van der Waals surface area contributed by atoms with Crippen LogP contribution in [0.5, 0.6) is 0 Å². The van der Waals surface area contributed by atoms with Crippen LogP contribution in [0.2, 0.25) is 0 Å². The maximum absolute atomic E-state index is 11.5. The van der Waals surface area contributed by atoms with Crippen LogP contribution in [0, 0.1) is 0 Å². The first-order valence-electron chi connectivity index (χ1n) is 3.78. The van der Waals surface area contributed by atoms with Crippen LogP contribution in [0.25, 0.3) is 0 Å². The summed E-state index contributed by atoms with van der Waals surface area (Å²) in [7, 11) is 0. The zero-order chi connectivity index (χ0) is 10.6. The minimum absolute atomic E-state index is 0.212. The third kappa shape index (κ3) is 3.44. The summed E-state index contributed by atoms with van der Waals surface area (Å²) < 4.78 is 0.498. The second-order valence-corrected chi connectivity index (χ2v) is 4.47. The molecule has 0 unspecified atom stereocenters. The maximum Gasteiger partial charge on any atom is 0.254 e. The van der Waals surface area contributed by atoms with E-state index in [2.05, 4.69) is 26.2 Å². The van der Waals surface area contributed by atoms with Crippen molar-refractivity contribution in [1.82, 2.24) is 10.3 Å². The Balaban J connectivity index is 2.65. The van der Waals surface area contributed by atoms with E-state index in [1.807, 2.05) is 0 Å². The molecule has 1 aromatic heterocycles. The summed E-state index contributed by atoms with van der Waals surface area (Å²) in [6.07, 6.45) is 1.59. The number of hydrogen-bond acceptors (Lipinski definition) is 2. The second-order valence-electron chi connectivity index (χ2n) is 2.44. The molecule has 3 nitrogen and oxygen atoms in total. The fourth-order valence-electron chi connectivity index (χ4n) is 0.820. The number of nitrogens with one attached hydrogen (secondary N) is 1. The van der Waals surface area contributed by atoms with Crippen LogP contribution in [-0.2, 0) is 0 Å². The molecule has 14 heavy (non-hydrogen) atoms. The number of halogens is 3. The molecule has 0 aliphatic rings. The van der Waals surface area contributed by atoms with Gasteiger partial charge in [-0.25, -0.2) is 4.98 Å². The molecule has 0 spiro atoms. The van der Waals surface area contributed by atoms with Crippen molar-refractivity contribution in [3.8, 4) is 0 Å². The van der Waals surface area contributed by atoms with Crippen molar-refractivity contribution in [2.24, 2.45) is 0 Å². The lowest BCUT2D eigenvalue weighted by Crippen LogP contribution is -2.28. The van der Waals surface area contributed by atoms with Gasteiger partial charge < -0.3 is 5.32 Å². The van der Waals surface area contributed by atoms with Crippen molar-refractivity contribution < 1.29 is 4.79 Å². The Hall–Kier alpha value is -0.320. The molecule has 0 aliphatic heterocycles. The number of carbonyl (C=O) groups excluding carboxylic acids is 1. The van der Waals surface area contributed by atoms with Gasteiger partial charge in [-0.15, -0.1) is 23.2 Å². The molecular formula is C8H7BrCl2N2O. The van der Waals surface area contributed by atoms with Gasteiger partial charge in [0.25, 0.3) is 5.91 Å². The van der Waals surface area contributed by atoms with Gasteiger partial charge in [0.05, 0.1) is 5.56 Å². The van der Waals surface area contributed by atoms with Gasteiger partial charge in [0, 0.05) is 12.7 Å². The second kappa shape index (κ2) is 5.53. The molecule has 0 aromatic carbocycles. The van der Waals surface area contributed by atoms with E-state index in [4.69, 9.17) is 23.2 Å². The molecular weight excluding hydrogens is 291 g/mol. The quantitative estimate of drug-likeness (QED) is 0.687. The Morgan fingerprint density at radius 2 is 2.36 bits per heavy atom. The predicted octanol–water partition coefficient (Wildman–Crippen LogP) is 2.38. The monoisotopic (exact) mass is 296 g/mol. The number of amides is 1. The average Bonchev–Trinajstić information content (AvgIpc) is 2.15. The van der Waals surface area contributed by atoms with Gasteiger partial charge in [-0.05, 0) is 28.1 Å². The summed E-state index contributed by atoms with van der Waals surface area (Å²) in [5.41, 5.74) is 0.460. The zero-order valence-corrected chi connectivity index (χ0v) is 10.1. The summed E-state index contributed by atoms with van der Waals surface area (Å²) in [6.45, 7) is 0.212. The molecule has 0 atom stereocenters. The number of alkyl halides is 2. The number of rotatable bonds is 3. The molecule has 76 valence electrons. The van der Waals surface area contributed by atoms with Gasteiger partial charge in [-0.1, -0.05) is 0 Å². The summed E-state index contributed by atoms with van der Waals surface area (Å²) >= 11 is 14.1. The Kier molecular flexibility index (Phi) is 4.65. The molecule has 0 saturated heterocycles. The van der Waals surface area contributed by atoms with Gasteiger partial charge >= 0.3 is 0 Å². The average molecular weight is 298 g/mol. The van der Waals surface area contributed by atoms with E-state index < -0.39 is 4.84 Å². The first-order valence-corrected chi connectivity index (χ1v) is 5.44. The van der Waals surface area contributed by atoms with Crippen molar-refractivity contribution in [1.29, 1.82) is 0 Å². The number of aromatic nitrogens is 1. The van der Waals surface area contributed by atoms with Crippen LogP contribution in [0.15, 0.2) is 22.9 Å². The number of pyridine rings is 1. The third-order valence-electron chi connectivity index (χ3n) is 1.42. The summed E-state index contributed by atoms with van der Waals surface area (Å²) in [5, 5.41) is 2.57. The smallest absolute Gasteiger partial charge is 0.254 e. The highest BCUT2D eigenvalue weighted by molar-refractivity contribution is 9.10. The molecule has 1 amide bonds. The Labute approximate surface area is 99.9 Å². The summed E-state index contributed by atoms with van der Waals surface area (Å²) in [6, 6.07) is 3.34. The molecule has 0 aliphatic carbocycles. The molecule has 6 heteroatoms. The molecule has 0 saturated carbocycles. The van der Waals surface area contributed by atoms with Gasteiger partial charge in [0.2, 0.25) is 0 Å². The summed E-state index contributed by atoms with van der Waals surface area (Å²) in [5.74, 6) is -0.253. The van der Waals surface area contributed by atoms with Crippen molar-refractivity contribution >= 4 is 45.0 Å². The highest BCUT2D eigenvalue weighted by atomic mass is 79.9. The van der Waals surface area contributed by atoms with Crippen LogP contribution in [0.1, 0.15) is 10.4 Å². The molecule has 1 aromatic rings. The lowest BCUT2D eigenvalue weighted by atomic mass is 10.3. The molecule has 0 fully saturated rings. The van der Waals surface area contributed by atoms with E-state index in [1.165, 1.54) is 0 Å². The normalized spacial score (nSPS) is 10.3. The molecule has 1 N–H and O–H groups in total. The van der Waals surface area contributed by atoms with Crippen molar-refractivity contribution in [3.63, 3.8) is 0 Å². The van der Waals surface area contributed by atoms with Crippen molar-refractivity contribution in [2.45, 2.75) is 4.84 Å². The van der Waals surface area contributed by atoms with E-state index in [9.17, 15) is 4.79 Å². The van der Waals surface area contributed by atoms with Crippen LogP contribution in [0.3, 0.4) is 0 Å². The van der Waals surface area contributed by atoms with E-state index >= 15 is 0 Å². The van der Waals surface area contributed by atoms with Gasteiger partial charge in [0.15, 0.2) is 0 Å². The fourth-order valence-corrected chi connectivity index (χ4v) is 1.41. The van der Waals surface area contributed by atoms with Crippen molar-refractivity contribution in [2.75, 3.05) is 6.54 Å². The number of nitrogens with zero attached hydrogens (tertiary/aromatic N) is 1. The molecule has 1 rings (SSSR count). The summed E-state index contributed by atoms with van der Waals surface area (Å²) in [4.78, 5) is 14.8. The first kappa shape index (κ1) is 11.8. The Morgan fingerprint density at radius 1 is 1.64 bits per heavy atom. The number of carbonyl (C=O) groups is 1. The molecule has 0 radical (unpaired) electrons. The molecule has 1 heterocycles.